The van der Waals surface area contributed by atoms with Gasteiger partial charge in [-0.15, -0.1) is 0 Å². The van der Waals surface area contributed by atoms with Crippen molar-refractivity contribution in [2.45, 2.75) is 0 Å². The third-order valence-corrected chi connectivity index (χ3v) is 2.67. The number of nitrogens with two attached hydrogens (primary N) is 2. The highest BCUT2D eigenvalue weighted by Gasteiger charge is 2.12. The minimum Gasteiger partial charge on any atom is -0.399 e. The molecule has 0 spiro atoms. The Labute approximate surface area is 114 Å². The Kier molecular flexibility index (Phi) is 3.65. The van der Waals surface area contributed by atoms with Gasteiger partial charge < -0.3 is 16.8 Å². The standard InChI is InChI=1S/C14H12FN3O2/c15-12-7-9(16)3-6-11(12)14(20)18-10-4-1-8(2-5-10)13(17)19/h1-7H,16H2,(H2,17,19)(H,18,20). The van der Waals surface area contributed by atoms with Crippen molar-refractivity contribution in [3.8, 4) is 0 Å². The molecule has 2 amide bonds. The van der Waals surface area contributed by atoms with Crippen molar-refractivity contribution >= 4 is 23.2 Å². The van der Waals surface area contributed by atoms with Crippen molar-refractivity contribution in [3.63, 3.8) is 0 Å². The van der Waals surface area contributed by atoms with E-state index in [1.54, 1.807) is 0 Å². The van der Waals surface area contributed by atoms with Gasteiger partial charge in [0.15, 0.2) is 0 Å². The number of halogens is 1. The summed E-state index contributed by atoms with van der Waals surface area (Å²) in [5.74, 6) is -1.86. The van der Waals surface area contributed by atoms with Crippen molar-refractivity contribution in [1.82, 2.24) is 0 Å². The predicted molar refractivity (Wildman–Crippen MR) is 73.7 cm³/mol. The van der Waals surface area contributed by atoms with Crippen LogP contribution in [0.3, 0.4) is 0 Å². The van der Waals surface area contributed by atoms with E-state index < -0.39 is 17.6 Å². The van der Waals surface area contributed by atoms with Gasteiger partial charge in [-0.3, -0.25) is 9.59 Å². The van der Waals surface area contributed by atoms with Gasteiger partial charge in [0.2, 0.25) is 5.91 Å². The quantitative estimate of drug-likeness (QED) is 0.743. The van der Waals surface area contributed by atoms with Crippen LogP contribution in [0.5, 0.6) is 0 Å². The fourth-order valence-electron chi connectivity index (χ4n) is 1.63. The van der Waals surface area contributed by atoms with Crippen LogP contribution in [0, 0.1) is 5.82 Å². The second-order valence-corrected chi connectivity index (χ2v) is 4.14. The van der Waals surface area contributed by atoms with Gasteiger partial charge in [-0.2, -0.15) is 0 Å². The molecular weight excluding hydrogens is 261 g/mol. The number of benzene rings is 2. The summed E-state index contributed by atoms with van der Waals surface area (Å²) < 4.78 is 13.6. The molecule has 6 heteroatoms. The maximum Gasteiger partial charge on any atom is 0.258 e. The van der Waals surface area contributed by atoms with Crippen LogP contribution in [0.4, 0.5) is 15.8 Å². The van der Waals surface area contributed by atoms with Crippen LogP contribution in [0.1, 0.15) is 20.7 Å². The second-order valence-electron chi connectivity index (χ2n) is 4.14. The number of anilines is 2. The van der Waals surface area contributed by atoms with Gasteiger partial charge in [0.1, 0.15) is 5.82 Å². The lowest BCUT2D eigenvalue weighted by atomic mass is 10.1. The largest absolute Gasteiger partial charge is 0.399 e. The predicted octanol–water partition coefficient (Wildman–Crippen LogP) is 1.76. The number of rotatable bonds is 3. The Bertz CT molecular complexity index is 669. The van der Waals surface area contributed by atoms with Crippen molar-refractivity contribution in [2.24, 2.45) is 5.73 Å². The number of carbonyl (C=O) groups is 2. The minimum absolute atomic E-state index is 0.113. The molecular formula is C14H12FN3O2. The van der Waals surface area contributed by atoms with Gasteiger partial charge in [-0.05, 0) is 42.5 Å². The molecule has 0 radical (unpaired) electrons. The Hall–Kier alpha value is -2.89. The topological polar surface area (TPSA) is 98.2 Å². The number of nitrogen functional groups attached to an aromatic ring is 1. The lowest BCUT2D eigenvalue weighted by molar-refractivity contribution is 0.0998. The maximum atomic E-state index is 13.6. The van der Waals surface area contributed by atoms with E-state index in [1.165, 1.54) is 36.4 Å². The van der Waals surface area contributed by atoms with Crippen LogP contribution in [0.25, 0.3) is 0 Å². The SMILES string of the molecule is NC(=O)c1ccc(NC(=O)c2ccc(N)cc2F)cc1. The minimum atomic E-state index is -0.698. The Morgan fingerprint density at radius 1 is 1.05 bits per heavy atom. The highest BCUT2D eigenvalue weighted by atomic mass is 19.1. The van der Waals surface area contributed by atoms with E-state index in [0.717, 1.165) is 6.07 Å². The van der Waals surface area contributed by atoms with E-state index in [1.807, 2.05) is 0 Å². The van der Waals surface area contributed by atoms with E-state index in [9.17, 15) is 14.0 Å². The highest BCUT2D eigenvalue weighted by Crippen LogP contribution is 2.15. The van der Waals surface area contributed by atoms with Gasteiger partial charge in [-0.1, -0.05) is 0 Å². The molecule has 0 fully saturated rings. The molecule has 0 unspecified atom stereocenters. The summed E-state index contributed by atoms with van der Waals surface area (Å²) in [6.45, 7) is 0. The first kappa shape index (κ1) is 13.5. The normalized spacial score (nSPS) is 10.1. The summed E-state index contributed by atoms with van der Waals surface area (Å²) in [7, 11) is 0. The number of hydrogen-bond donors (Lipinski definition) is 3. The molecule has 0 aromatic heterocycles. The van der Waals surface area contributed by atoms with Crippen molar-refractivity contribution < 1.29 is 14.0 Å². The number of nitrogens with one attached hydrogen (secondary N) is 1. The average Bonchev–Trinajstić information content (AvgIpc) is 2.39. The van der Waals surface area contributed by atoms with E-state index in [-0.39, 0.29) is 11.3 Å². The summed E-state index contributed by atoms with van der Waals surface area (Å²) in [5, 5.41) is 2.51. The lowest BCUT2D eigenvalue weighted by Gasteiger charge is -2.07. The Morgan fingerprint density at radius 3 is 2.25 bits per heavy atom. The average molecular weight is 273 g/mol. The van der Waals surface area contributed by atoms with Gasteiger partial charge in [0.25, 0.3) is 5.91 Å². The molecule has 0 saturated heterocycles. The van der Waals surface area contributed by atoms with Gasteiger partial charge in [0.05, 0.1) is 5.56 Å². The van der Waals surface area contributed by atoms with E-state index in [0.29, 0.717) is 11.3 Å². The molecule has 2 aromatic rings. The molecule has 0 heterocycles. The van der Waals surface area contributed by atoms with Crippen molar-refractivity contribution in [1.29, 1.82) is 0 Å². The summed E-state index contributed by atoms with van der Waals surface area (Å²) in [6.07, 6.45) is 0. The van der Waals surface area contributed by atoms with Crippen molar-refractivity contribution in [2.75, 3.05) is 11.1 Å². The number of primary amides is 1. The van der Waals surface area contributed by atoms with Crippen LogP contribution in [-0.2, 0) is 0 Å². The van der Waals surface area contributed by atoms with E-state index >= 15 is 0 Å². The third-order valence-electron chi connectivity index (χ3n) is 2.67. The first-order valence-electron chi connectivity index (χ1n) is 5.73. The fraction of sp³-hybridized carbons (Fsp3) is 0. The van der Waals surface area contributed by atoms with Crippen molar-refractivity contribution in [3.05, 3.63) is 59.4 Å². The van der Waals surface area contributed by atoms with Crippen LogP contribution in [0.15, 0.2) is 42.5 Å². The van der Waals surface area contributed by atoms with E-state index in [4.69, 9.17) is 11.5 Å². The van der Waals surface area contributed by atoms with Crippen LogP contribution >= 0.6 is 0 Å². The fourth-order valence-corrected chi connectivity index (χ4v) is 1.63. The van der Waals surface area contributed by atoms with Gasteiger partial charge in [-0.25, -0.2) is 4.39 Å². The first-order valence-corrected chi connectivity index (χ1v) is 5.73. The number of carbonyl (C=O) groups excluding carboxylic acids is 2. The molecule has 0 saturated carbocycles. The molecule has 0 atom stereocenters. The molecule has 102 valence electrons. The maximum absolute atomic E-state index is 13.6. The smallest absolute Gasteiger partial charge is 0.258 e. The molecule has 20 heavy (non-hydrogen) atoms. The third kappa shape index (κ3) is 2.92. The molecule has 2 rings (SSSR count). The number of amides is 2. The highest BCUT2D eigenvalue weighted by molar-refractivity contribution is 6.04. The molecule has 0 aliphatic heterocycles. The summed E-state index contributed by atoms with van der Waals surface area (Å²) >= 11 is 0. The number of hydrogen-bond acceptors (Lipinski definition) is 3. The van der Waals surface area contributed by atoms with Crippen LogP contribution in [-0.4, -0.2) is 11.8 Å². The molecule has 0 aliphatic rings. The summed E-state index contributed by atoms with van der Waals surface area (Å²) in [5.41, 5.74) is 11.4. The zero-order valence-corrected chi connectivity index (χ0v) is 10.4. The molecule has 5 N–H and O–H groups in total. The molecule has 0 bridgehead atoms. The second kappa shape index (κ2) is 5.40. The van der Waals surface area contributed by atoms with Gasteiger partial charge >= 0.3 is 0 Å². The summed E-state index contributed by atoms with van der Waals surface area (Å²) in [6, 6.07) is 9.77. The Balaban J connectivity index is 2.17. The Morgan fingerprint density at radius 2 is 1.70 bits per heavy atom. The van der Waals surface area contributed by atoms with Crippen LogP contribution in [0.2, 0.25) is 0 Å². The molecule has 0 aliphatic carbocycles. The zero-order valence-electron chi connectivity index (χ0n) is 10.4. The van der Waals surface area contributed by atoms with Gasteiger partial charge in [0, 0.05) is 16.9 Å². The lowest BCUT2D eigenvalue weighted by Crippen LogP contribution is -2.14. The van der Waals surface area contributed by atoms with E-state index in [2.05, 4.69) is 5.32 Å². The van der Waals surface area contributed by atoms with Crippen LogP contribution < -0.4 is 16.8 Å². The molecule has 5 nitrogen and oxygen atoms in total. The molecule has 2 aromatic carbocycles. The monoisotopic (exact) mass is 273 g/mol. The summed E-state index contributed by atoms with van der Waals surface area (Å²) in [4.78, 5) is 22.8. The zero-order chi connectivity index (χ0) is 14.7. The first-order chi connectivity index (χ1) is 9.47.